The highest BCUT2D eigenvalue weighted by Crippen LogP contribution is 2.36. The van der Waals surface area contributed by atoms with E-state index in [1.165, 1.54) is 37.9 Å². The lowest BCUT2D eigenvalue weighted by Gasteiger charge is -2.08. The van der Waals surface area contributed by atoms with E-state index in [4.69, 9.17) is 5.73 Å². The lowest BCUT2D eigenvalue weighted by molar-refractivity contribution is 1.18. The zero-order chi connectivity index (χ0) is 16.8. The minimum Gasteiger partial charge on any atom is -0.391 e. The Morgan fingerprint density at radius 2 is 1.44 bits per heavy atom. The molecule has 0 bridgehead atoms. The normalized spacial score (nSPS) is 11.4. The molecule has 0 atom stereocenters. The molecule has 2 heterocycles. The smallest absolute Gasteiger partial charge is 0.0862 e. The van der Waals surface area contributed by atoms with Crippen LogP contribution in [0.2, 0.25) is 0 Å². The maximum atomic E-state index is 5.92. The van der Waals surface area contributed by atoms with Gasteiger partial charge in [-0.25, -0.2) is 0 Å². The summed E-state index contributed by atoms with van der Waals surface area (Å²) >= 11 is 1.63. The quantitative estimate of drug-likeness (QED) is 0.414. The Bertz CT molecular complexity index is 1200. The molecule has 2 aromatic heterocycles. The SMILES string of the molecule is Nc1ccc(-c2ccc3c4ccccc4n(-c4ccccc4)c3c2)s1. The van der Waals surface area contributed by atoms with Crippen molar-refractivity contribution in [2.45, 2.75) is 0 Å². The number of benzene rings is 3. The Balaban J connectivity index is 1.88. The third-order valence-electron chi connectivity index (χ3n) is 4.60. The Morgan fingerprint density at radius 3 is 2.24 bits per heavy atom. The molecule has 0 saturated carbocycles. The second kappa shape index (κ2) is 5.50. The van der Waals surface area contributed by atoms with Crippen LogP contribution in [-0.4, -0.2) is 4.57 Å². The van der Waals surface area contributed by atoms with Crippen LogP contribution >= 0.6 is 11.3 Å². The minimum atomic E-state index is 0.846. The van der Waals surface area contributed by atoms with Crippen LogP contribution in [0.25, 0.3) is 37.9 Å². The van der Waals surface area contributed by atoms with Crippen molar-refractivity contribution in [3.8, 4) is 16.1 Å². The summed E-state index contributed by atoms with van der Waals surface area (Å²) < 4.78 is 2.34. The van der Waals surface area contributed by atoms with Gasteiger partial charge in [-0.05, 0) is 42.0 Å². The molecule has 0 fully saturated rings. The van der Waals surface area contributed by atoms with Crippen molar-refractivity contribution < 1.29 is 0 Å². The molecule has 0 amide bonds. The van der Waals surface area contributed by atoms with Crippen LogP contribution in [0.4, 0.5) is 5.00 Å². The standard InChI is InChI=1S/C22H16N2S/c23-22-13-12-21(25-22)15-10-11-18-17-8-4-5-9-19(17)24(20(18)14-15)16-6-2-1-3-7-16/h1-14H,23H2. The van der Waals surface area contributed by atoms with Gasteiger partial charge in [0, 0.05) is 21.3 Å². The molecule has 0 radical (unpaired) electrons. The van der Waals surface area contributed by atoms with Crippen LogP contribution in [0.1, 0.15) is 0 Å². The fraction of sp³-hybridized carbons (Fsp3) is 0. The number of nitrogens with two attached hydrogens (primary N) is 1. The second-order valence-electron chi connectivity index (χ2n) is 6.12. The zero-order valence-electron chi connectivity index (χ0n) is 13.5. The minimum absolute atomic E-state index is 0.846. The summed E-state index contributed by atoms with van der Waals surface area (Å²) in [5, 5.41) is 3.39. The molecule has 25 heavy (non-hydrogen) atoms. The summed E-state index contributed by atoms with van der Waals surface area (Å²) in [7, 11) is 0. The maximum Gasteiger partial charge on any atom is 0.0862 e. The summed E-state index contributed by atoms with van der Waals surface area (Å²) in [6.07, 6.45) is 0. The number of aromatic nitrogens is 1. The Hall–Kier alpha value is -3.04. The van der Waals surface area contributed by atoms with Crippen molar-refractivity contribution >= 4 is 38.1 Å². The Labute approximate surface area is 149 Å². The number of nitrogen functional groups attached to an aromatic ring is 1. The predicted molar refractivity (Wildman–Crippen MR) is 109 cm³/mol. The first-order valence-electron chi connectivity index (χ1n) is 8.25. The molecule has 0 spiro atoms. The second-order valence-corrected chi connectivity index (χ2v) is 7.24. The van der Waals surface area contributed by atoms with E-state index in [0.29, 0.717) is 0 Å². The monoisotopic (exact) mass is 340 g/mol. The first kappa shape index (κ1) is 14.3. The van der Waals surface area contributed by atoms with E-state index in [1.54, 1.807) is 11.3 Å². The predicted octanol–water partition coefficient (Wildman–Crippen LogP) is 6.09. The Morgan fingerprint density at radius 1 is 0.680 bits per heavy atom. The molecule has 0 saturated heterocycles. The van der Waals surface area contributed by atoms with E-state index in [1.807, 2.05) is 6.07 Å². The number of thiophene rings is 1. The highest BCUT2D eigenvalue weighted by molar-refractivity contribution is 7.19. The van der Waals surface area contributed by atoms with Gasteiger partial charge in [-0.1, -0.05) is 48.5 Å². The average molecular weight is 340 g/mol. The number of para-hydroxylation sites is 2. The van der Waals surface area contributed by atoms with Gasteiger partial charge in [0.25, 0.3) is 0 Å². The van der Waals surface area contributed by atoms with Gasteiger partial charge in [-0.2, -0.15) is 0 Å². The van der Waals surface area contributed by atoms with Crippen molar-refractivity contribution in [2.75, 3.05) is 5.73 Å². The molecule has 0 aliphatic rings. The van der Waals surface area contributed by atoms with E-state index in [2.05, 4.69) is 83.4 Å². The highest BCUT2D eigenvalue weighted by Gasteiger charge is 2.13. The largest absolute Gasteiger partial charge is 0.391 e. The highest BCUT2D eigenvalue weighted by atomic mass is 32.1. The summed E-state index contributed by atoms with van der Waals surface area (Å²) in [5.74, 6) is 0. The van der Waals surface area contributed by atoms with Gasteiger partial charge >= 0.3 is 0 Å². The van der Waals surface area contributed by atoms with Crippen LogP contribution in [0, 0.1) is 0 Å². The van der Waals surface area contributed by atoms with E-state index in [-0.39, 0.29) is 0 Å². The third kappa shape index (κ3) is 2.24. The molecule has 2 nitrogen and oxygen atoms in total. The molecule has 0 unspecified atom stereocenters. The molecule has 5 aromatic rings. The average Bonchev–Trinajstić information content (AvgIpc) is 3.23. The molecule has 0 aliphatic carbocycles. The number of nitrogens with zero attached hydrogens (tertiary/aromatic N) is 1. The molecule has 120 valence electrons. The van der Waals surface area contributed by atoms with Gasteiger partial charge in [0.05, 0.1) is 16.0 Å². The molecule has 3 heteroatoms. The first-order valence-corrected chi connectivity index (χ1v) is 9.07. The van der Waals surface area contributed by atoms with E-state index < -0.39 is 0 Å². The molecule has 2 N–H and O–H groups in total. The van der Waals surface area contributed by atoms with Gasteiger partial charge in [-0.3, -0.25) is 0 Å². The van der Waals surface area contributed by atoms with Gasteiger partial charge in [-0.15, -0.1) is 11.3 Å². The van der Waals surface area contributed by atoms with Crippen LogP contribution in [0.15, 0.2) is 84.9 Å². The number of hydrogen-bond acceptors (Lipinski definition) is 2. The third-order valence-corrected chi connectivity index (χ3v) is 5.56. The van der Waals surface area contributed by atoms with Crippen molar-refractivity contribution in [2.24, 2.45) is 0 Å². The summed E-state index contributed by atoms with van der Waals surface area (Å²) in [6.45, 7) is 0. The summed E-state index contributed by atoms with van der Waals surface area (Å²) in [5.41, 5.74) is 10.8. The van der Waals surface area contributed by atoms with Crippen molar-refractivity contribution in [1.82, 2.24) is 4.57 Å². The van der Waals surface area contributed by atoms with Crippen molar-refractivity contribution in [3.05, 3.63) is 84.9 Å². The van der Waals surface area contributed by atoms with Crippen LogP contribution in [0.5, 0.6) is 0 Å². The number of anilines is 1. The van der Waals surface area contributed by atoms with Crippen molar-refractivity contribution in [3.63, 3.8) is 0 Å². The molecule has 5 rings (SSSR count). The fourth-order valence-corrected chi connectivity index (χ4v) is 4.26. The Kier molecular flexibility index (Phi) is 3.15. The van der Waals surface area contributed by atoms with E-state index >= 15 is 0 Å². The van der Waals surface area contributed by atoms with Gasteiger partial charge in [0.15, 0.2) is 0 Å². The fourth-order valence-electron chi connectivity index (χ4n) is 3.49. The molecular weight excluding hydrogens is 324 g/mol. The summed E-state index contributed by atoms with van der Waals surface area (Å²) in [4.78, 5) is 1.20. The molecule has 3 aromatic carbocycles. The van der Waals surface area contributed by atoms with Crippen LogP contribution < -0.4 is 5.73 Å². The lowest BCUT2D eigenvalue weighted by Crippen LogP contribution is -1.93. The first-order chi connectivity index (χ1) is 12.3. The number of fused-ring (bicyclic) bond motifs is 3. The van der Waals surface area contributed by atoms with Crippen molar-refractivity contribution in [1.29, 1.82) is 0 Å². The number of hydrogen-bond donors (Lipinski definition) is 1. The van der Waals surface area contributed by atoms with E-state index in [0.717, 1.165) is 5.00 Å². The number of rotatable bonds is 2. The van der Waals surface area contributed by atoms with Crippen LogP contribution in [0.3, 0.4) is 0 Å². The molecule has 0 aliphatic heterocycles. The molecular formula is C22H16N2S. The lowest BCUT2D eigenvalue weighted by atomic mass is 10.1. The van der Waals surface area contributed by atoms with Gasteiger partial charge < -0.3 is 10.3 Å². The topological polar surface area (TPSA) is 30.9 Å². The van der Waals surface area contributed by atoms with Gasteiger partial charge in [0.2, 0.25) is 0 Å². The van der Waals surface area contributed by atoms with Gasteiger partial charge in [0.1, 0.15) is 0 Å². The van der Waals surface area contributed by atoms with Crippen LogP contribution in [-0.2, 0) is 0 Å². The maximum absolute atomic E-state index is 5.92. The summed E-state index contributed by atoms with van der Waals surface area (Å²) in [6, 6.07) is 29.9. The zero-order valence-corrected chi connectivity index (χ0v) is 14.3. The van der Waals surface area contributed by atoms with E-state index in [9.17, 15) is 0 Å².